The Bertz CT molecular complexity index is 1050. The molecule has 0 aliphatic heterocycles. The lowest BCUT2D eigenvalue weighted by molar-refractivity contribution is 0.315. The van der Waals surface area contributed by atoms with E-state index >= 15 is 0 Å². The molecular formula is C22H24N2O4S. The first kappa shape index (κ1) is 20.8. The minimum atomic E-state index is -3.65. The zero-order valence-corrected chi connectivity index (χ0v) is 17.3. The van der Waals surface area contributed by atoms with E-state index in [-0.39, 0.29) is 11.4 Å². The average Bonchev–Trinajstić information content (AvgIpc) is 2.72. The predicted molar refractivity (Wildman–Crippen MR) is 112 cm³/mol. The predicted octanol–water partition coefficient (Wildman–Crippen LogP) is 4.45. The van der Waals surface area contributed by atoms with Gasteiger partial charge in [0.25, 0.3) is 0 Å². The Morgan fingerprint density at radius 3 is 2.62 bits per heavy atom. The van der Waals surface area contributed by atoms with E-state index < -0.39 is 10.0 Å². The molecule has 0 spiro atoms. The summed E-state index contributed by atoms with van der Waals surface area (Å²) in [5.41, 5.74) is 1.56. The molecule has 0 saturated heterocycles. The topological polar surface area (TPSA) is 77.5 Å². The van der Waals surface area contributed by atoms with Gasteiger partial charge in [-0.15, -0.1) is 0 Å². The number of hydrogen-bond donors (Lipinski definition) is 1. The summed E-state index contributed by atoms with van der Waals surface area (Å²) >= 11 is 0. The zero-order chi connectivity index (χ0) is 20.7. The Balaban J connectivity index is 1.67. The van der Waals surface area contributed by atoms with Crippen molar-refractivity contribution in [3.05, 3.63) is 78.0 Å². The van der Waals surface area contributed by atoms with Crippen LogP contribution in [0.1, 0.15) is 24.5 Å². The van der Waals surface area contributed by atoms with Gasteiger partial charge in [-0.05, 0) is 60.9 Å². The molecule has 0 bridgehead atoms. The fourth-order valence-corrected chi connectivity index (χ4v) is 3.77. The number of benzene rings is 2. The molecule has 6 nitrogen and oxygen atoms in total. The van der Waals surface area contributed by atoms with Crippen LogP contribution in [0.25, 0.3) is 0 Å². The first-order valence-corrected chi connectivity index (χ1v) is 10.9. The Morgan fingerprint density at radius 2 is 1.90 bits per heavy atom. The maximum atomic E-state index is 12.7. The van der Waals surface area contributed by atoms with Crippen molar-refractivity contribution < 1.29 is 17.9 Å². The maximum Gasteiger partial charge on any atom is 0.240 e. The van der Waals surface area contributed by atoms with Crippen molar-refractivity contribution in [3.8, 4) is 17.4 Å². The quantitative estimate of drug-likeness (QED) is 0.562. The molecule has 1 aromatic heterocycles. The van der Waals surface area contributed by atoms with Gasteiger partial charge in [0.1, 0.15) is 11.5 Å². The third-order valence-electron chi connectivity index (χ3n) is 4.14. The van der Waals surface area contributed by atoms with E-state index in [1.165, 1.54) is 0 Å². The van der Waals surface area contributed by atoms with Crippen molar-refractivity contribution >= 4 is 10.0 Å². The summed E-state index contributed by atoms with van der Waals surface area (Å²) in [7, 11) is -3.65. The maximum absolute atomic E-state index is 12.7. The number of nitrogens with one attached hydrogen (secondary N) is 1. The van der Waals surface area contributed by atoms with Crippen LogP contribution in [0, 0.1) is 6.92 Å². The van der Waals surface area contributed by atoms with Crippen molar-refractivity contribution in [2.45, 2.75) is 31.7 Å². The number of nitrogens with zero attached hydrogens (tertiary/aromatic N) is 1. The lowest BCUT2D eigenvalue weighted by Gasteiger charge is -2.12. The van der Waals surface area contributed by atoms with Gasteiger partial charge in [0.15, 0.2) is 0 Å². The molecule has 3 rings (SSSR count). The number of hydrogen-bond acceptors (Lipinski definition) is 5. The Hall–Kier alpha value is -2.90. The molecule has 3 aromatic rings. The normalized spacial score (nSPS) is 11.2. The minimum absolute atomic E-state index is 0.148. The number of aromatic nitrogens is 1. The van der Waals surface area contributed by atoms with Crippen LogP contribution in [0.5, 0.6) is 17.4 Å². The molecule has 0 saturated carbocycles. The largest absolute Gasteiger partial charge is 0.493 e. The van der Waals surface area contributed by atoms with Crippen molar-refractivity contribution in [2.75, 3.05) is 6.61 Å². The van der Waals surface area contributed by atoms with Gasteiger partial charge in [0.05, 0.1) is 11.5 Å². The molecule has 7 heteroatoms. The monoisotopic (exact) mass is 412 g/mol. The van der Waals surface area contributed by atoms with Gasteiger partial charge in [-0.3, -0.25) is 0 Å². The van der Waals surface area contributed by atoms with Gasteiger partial charge in [-0.2, -0.15) is 0 Å². The molecule has 1 N–H and O–H groups in total. The van der Waals surface area contributed by atoms with E-state index in [0.717, 1.165) is 17.5 Å². The fourth-order valence-electron chi connectivity index (χ4n) is 2.67. The number of sulfonamides is 1. The highest BCUT2D eigenvalue weighted by Gasteiger charge is 2.15. The number of rotatable bonds is 9. The summed E-state index contributed by atoms with van der Waals surface area (Å²) in [6, 6.07) is 17.5. The van der Waals surface area contributed by atoms with E-state index in [0.29, 0.717) is 24.0 Å². The van der Waals surface area contributed by atoms with Gasteiger partial charge in [-0.25, -0.2) is 18.1 Å². The lowest BCUT2D eigenvalue weighted by atomic mass is 10.2. The summed E-state index contributed by atoms with van der Waals surface area (Å²) in [5.74, 6) is 1.77. The molecule has 29 heavy (non-hydrogen) atoms. The van der Waals surface area contributed by atoms with Gasteiger partial charge in [0, 0.05) is 18.8 Å². The molecule has 1 heterocycles. The van der Waals surface area contributed by atoms with Gasteiger partial charge in [0.2, 0.25) is 15.9 Å². The van der Waals surface area contributed by atoms with Crippen molar-refractivity contribution in [1.82, 2.24) is 9.71 Å². The molecule has 0 radical (unpaired) electrons. The highest BCUT2D eigenvalue weighted by molar-refractivity contribution is 7.89. The van der Waals surface area contributed by atoms with Crippen molar-refractivity contribution in [1.29, 1.82) is 0 Å². The molecule has 2 aromatic carbocycles. The molecule has 0 amide bonds. The first-order valence-electron chi connectivity index (χ1n) is 9.39. The molecule has 0 atom stereocenters. The third-order valence-corrected chi connectivity index (χ3v) is 5.54. The summed E-state index contributed by atoms with van der Waals surface area (Å²) in [5, 5.41) is 0. The fraction of sp³-hybridized carbons (Fsp3) is 0.227. The van der Waals surface area contributed by atoms with Gasteiger partial charge >= 0.3 is 0 Å². The van der Waals surface area contributed by atoms with E-state index in [1.54, 1.807) is 42.6 Å². The summed E-state index contributed by atoms with van der Waals surface area (Å²) in [6.07, 6.45) is 2.54. The molecule has 0 fully saturated rings. The second-order valence-electron chi connectivity index (χ2n) is 6.52. The Kier molecular flexibility index (Phi) is 6.85. The Labute approximate surface area is 171 Å². The van der Waals surface area contributed by atoms with E-state index in [2.05, 4.69) is 9.71 Å². The molecule has 0 aliphatic carbocycles. The zero-order valence-electron chi connectivity index (χ0n) is 16.5. The minimum Gasteiger partial charge on any atom is -0.493 e. The molecular weight excluding hydrogens is 388 g/mol. The van der Waals surface area contributed by atoms with Crippen LogP contribution in [0.15, 0.2) is 71.8 Å². The van der Waals surface area contributed by atoms with Crippen LogP contribution < -0.4 is 14.2 Å². The van der Waals surface area contributed by atoms with Crippen LogP contribution >= 0.6 is 0 Å². The first-order chi connectivity index (χ1) is 14.0. The SMILES string of the molecule is CCCOc1ccc(S(=O)(=O)NCc2cccc(Oc3ccccn3)c2)cc1C. The number of pyridine rings is 1. The second kappa shape index (κ2) is 9.54. The van der Waals surface area contributed by atoms with Crippen LogP contribution in [0.4, 0.5) is 0 Å². The summed E-state index contributed by atoms with van der Waals surface area (Å²) < 4.78 is 39.3. The van der Waals surface area contributed by atoms with Crippen LogP contribution in [0.3, 0.4) is 0 Å². The summed E-state index contributed by atoms with van der Waals surface area (Å²) in [4.78, 5) is 4.33. The van der Waals surface area contributed by atoms with Crippen LogP contribution in [-0.4, -0.2) is 20.0 Å². The van der Waals surface area contributed by atoms with E-state index in [1.807, 2.05) is 38.1 Å². The second-order valence-corrected chi connectivity index (χ2v) is 8.28. The average molecular weight is 413 g/mol. The van der Waals surface area contributed by atoms with Crippen molar-refractivity contribution in [3.63, 3.8) is 0 Å². The van der Waals surface area contributed by atoms with Crippen LogP contribution in [-0.2, 0) is 16.6 Å². The summed E-state index contributed by atoms with van der Waals surface area (Å²) in [6.45, 7) is 4.61. The highest BCUT2D eigenvalue weighted by atomic mass is 32.2. The smallest absolute Gasteiger partial charge is 0.240 e. The molecule has 0 aliphatic rings. The van der Waals surface area contributed by atoms with Gasteiger partial charge in [-0.1, -0.05) is 25.1 Å². The standard InChI is InChI=1S/C22H24N2O4S/c1-3-13-27-21-11-10-20(14-17(21)2)29(25,26)24-16-18-7-6-8-19(15-18)28-22-9-4-5-12-23-22/h4-12,14-15,24H,3,13,16H2,1-2H3. The van der Waals surface area contributed by atoms with E-state index in [9.17, 15) is 8.42 Å². The van der Waals surface area contributed by atoms with Gasteiger partial charge < -0.3 is 9.47 Å². The van der Waals surface area contributed by atoms with Crippen molar-refractivity contribution in [2.24, 2.45) is 0 Å². The molecule has 152 valence electrons. The van der Waals surface area contributed by atoms with E-state index in [4.69, 9.17) is 9.47 Å². The van der Waals surface area contributed by atoms with Crippen LogP contribution in [0.2, 0.25) is 0 Å². The number of ether oxygens (including phenoxy) is 2. The molecule has 0 unspecified atom stereocenters. The Morgan fingerprint density at radius 1 is 1.03 bits per heavy atom. The lowest BCUT2D eigenvalue weighted by Crippen LogP contribution is -2.23. The highest BCUT2D eigenvalue weighted by Crippen LogP contribution is 2.23. The number of aryl methyl sites for hydroxylation is 1. The third kappa shape index (κ3) is 5.79.